The molecule has 2 unspecified atom stereocenters. The Labute approximate surface area is 135 Å². The molecule has 2 N–H and O–H groups in total. The minimum absolute atomic E-state index is 0.123. The van der Waals surface area contributed by atoms with Gasteiger partial charge in [-0.2, -0.15) is 0 Å². The molecule has 0 radical (unpaired) electrons. The number of nitro groups is 1. The van der Waals surface area contributed by atoms with Gasteiger partial charge in [-0.3, -0.25) is 14.9 Å². The summed E-state index contributed by atoms with van der Waals surface area (Å²) < 4.78 is 4.95. The molecule has 126 valence electrons. The van der Waals surface area contributed by atoms with Crippen LogP contribution in [0.1, 0.15) is 26.2 Å². The molecule has 1 aromatic rings. The molecule has 7 nitrogen and oxygen atoms in total. The Kier molecular flexibility index (Phi) is 5.92. The minimum atomic E-state index is -0.523. The zero-order valence-corrected chi connectivity index (χ0v) is 13.5. The third kappa shape index (κ3) is 4.66. The SMILES string of the molecule is COc1ccc(NC(=O)CC(C)C2CCCNC2)cc1[N+](=O)[O-]. The predicted molar refractivity (Wildman–Crippen MR) is 87.7 cm³/mol. The maximum absolute atomic E-state index is 12.2. The van der Waals surface area contributed by atoms with Crippen molar-refractivity contribution in [3.63, 3.8) is 0 Å². The molecule has 23 heavy (non-hydrogen) atoms. The third-order valence-corrected chi connectivity index (χ3v) is 4.31. The topological polar surface area (TPSA) is 93.5 Å². The molecule has 0 spiro atoms. The second kappa shape index (κ2) is 7.92. The Morgan fingerprint density at radius 3 is 2.96 bits per heavy atom. The molecule has 1 aliphatic heterocycles. The van der Waals surface area contributed by atoms with Gasteiger partial charge >= 0.3 is 5.69 Å². The van der Waals surface area contributed by atoms with Crippen molar-refractivity contribution < 1.29 is 14.5 Å². The molecule has 7 heteroatoms. The highest BCUT2D eigenvalue weighted by Crippen LogP contribution is 2.30. The zero-order valence-electron chi connectivity index (χ0n) is 13.5. The summed E-state index contributed by atoms with van der Waals surface area (Å²) in [5.41, 5.74) is 0.256. The number of methoxy groups -OCH3 is 1. The van der Waals surface area contributed by atoms with E-state index in [0.717, 1.165) is 25.9 Å². The van der Waals surface area contributed by atoms with E-state index in [1.54, 1.807) is 6.07 Å². The first-order chi connectivity index (χ1) is 11.0. The van der Waals surface area contributed by atoms with Crippen LogP contribution < -0.4 is 15.4 Å². The highest BCUT2D eigenvalue weighted by Gasteiger charge is 2.22. The van der Waals surface area contributed by atoms with Gasteiger partial charge in [0.1, 0.15) is 0 Å². The van der Waals surface area contributed by atoms with Crippen LogP contribution in [0, 0.1) is 22.0 Å². The van der Waals surface area contributed by atoms with Crippen LogP contribution in [0.5, 0.6) is 5.75 Å². The van der Waals surface area contributed by atoms with E-state index in [1.807, 2.05) is 0 Å². The van der Waals surface area contributed by atoms with Gasteiger partial charge in [0.15, 0.2) is 5.75 Å². The molecular weight excluding hydrogens is 298 g/mol. The lowest BCUT2D eigenvalue weighted by atomic mass is 9.85. The molecule has 0 bridgehead atoms. The molecule has 1 aromatic carbocycles. The van der Waals surface area contributed by atoms with E-state index in [2.05, 4.69) is 17.6 Å². The number of benzene rings is 1. The van der Waals surface area contributed by atoms with Gasteiger partial charge in [0.2, 0.25) is 5.91 Å². The van der Waals surface area contributed by atoms with E-state index < -0.39 is 4.92 Å². The normalized spacial score (nSPS) is 19.0. The van der Waals surface area contributed by atoms with Crippen LogP contribution in [0.3, 0.4) is 0 Å². The lowest BCUT2D eigenvalue weighted by Gasteiger charge is -2.28. The van der Waals surface area contributed by atoms with Crippen molar-refractivity contribution in [3.05, 3.63) is 28.3 Å². The standard InChI is InChI=1S/C16H23N3O4/c1-11(12-4-3-7-17-10-12)8-16(20)18-13-5-6-15(23-2)14(9-13)19(21)22/h5-6,9,11-12,17H,3-4,7-8,10H2,1-2H3,(H,18,20). The molecular formula is C16H23N3O4. The monoisotopic (exact) mass is 321 g/mol. The van der Waals surface area contributed by atoms with Crippen LogP contribution in [0.15, 0.2) is 18.2 Å². The third-order valence-electron chi connectivity index (χ3n) is 4.31. The molecule has 1 fully saturated rings. The van der Waals surface area contributed by atoms with Crippen molar-refractivity contribution >= 4 is 17.3 Å². The molecule has 1 saturated heterocycles. The van der Waals surface area contributed by atoms with Gasteiger partial charge in [-0.1, -0.05) is 6.92 Å². The molecule has 0 saturated carbocycles. The Morgan fingerprint density at radius 1 is 1.57 bits per heavy atom. The number of nitrogens with zero attached hydrogens (tertiary/aromatic N) is 1. The van der Waals surface area contributed by atoms with Crippen LogP contribution in [0.25, 0.3) is 0 Å². The van der Waals surface area contributed by atoms with Gasteiger partial charge < -0.3 is 15.4 Å². The maximum Gasteiger partial charge on any atom is 0.312 e. The number of carbonyl (C=O) groups excluding carboxylic acids is 1. The lowest BCUT2D eigenvalue weighted by molar-refractivity contribution is -0.385. The summed E-state index contributed by atoms with van der Waals surface area (Å²) in [4.78, 5) is 22.7. The summed E-state index contributed by atoms with van der Waals surface area (Å²) in [5.74, 6) is 0.827. The van der Waals surface area contributed by atoms with Crippen LogP contribution in [0.2, 0.25) is 0 Å². The Hall–Kier alpha value is -2.15. The average Bonchev–Trinajstić information content (AvgIpc) is 2.55. The predicted octanol–water partition coefficient (Wildman–Crippen LogP) is 2.57. The van der Waals surface area contributed by atoms with Crippen molar-refractivity contribution in [2.75, 3.05) is 25.5 Å². The van der Waals surface area contributed by atoms with Gasteiger partial charge in [-0.05, 0) is 49.9 Å². The zero-order chi connectivity index (χ0) is 16.8. The number of anilines is 1. The molecule has 0 aromatic heterocycles. The number of nitro benzene ring substituents is 1. The summed E-state index contributed by atoms with van der Waals surface area (Å²) >= 11 is 0. The van der Waals surface area contributed by atoms with E-state index in [9.17, 15) is 14.9 Å². The Bertz CT molecular complexity index is 570. The first-order valence-electron chi connectivity index (χ1n) is 7.84. The van der Waals surface area contributed by atoms with Crippen molar-refractivity contribution in [3.8, 4) is 5.75 Å². The molecule has 2 rings (SSSR count). The quantitative estimate of drug-likeness (QED) is 0.620. The summed E-state index contributed by atoms with van der Waals surface area (Å²) in [5, 5.41) is 17.1. The van der Waals surface area contributed by atoms with E-state index in [-0.39, 0.29) is 23.3 Å². The second-order valence-electron chi connectivity index (χ2n) is 5.98. The van der Waals surface area contributed by atoms with Crippen molar-refractivity contribution in [2.45, 2.75) is 26.2 Å². The van der Waals surface area contributed by atoms with E-state index in [0.29, 0.717) is 18.0 Å². The van der Waals surface area contributed by atoms with Crippen molar-refractivity contribution in [1.29, 1.82) is 0 Å². The number of piperidine rings is 1. The van der Waals surface area contributed by atoms with Crippen LogP contribution in [0.4, 0.5) is 11.4 Å². The molecule has 0 aliphatic carbocycles. The van der Waals surface area contributed by atoms with Gasteiger partial charge in [0.05, 0.1) is 12.0 Å². The lowest BCUT2D eigenvalue weighted by Crippen LogP contribution is -2.34. The van der Waals surface area contributed by atoms with Gasteiger partial charge in [0.25, 0.3) is 0 Å². The molecule has 2 atom stereocenters. The van der Waals surface area contributed by atoms with Gasteiger partial charge in [0, 0.05) is 18.2 Å². The van der Waals surface area contributed by atoms with Crippen LogP contribution in [-0.2, 0) is 4.79 Å². The van der Waals surface area contributed by atoms with E-state index >= 15 is 0 Å². The van der Waals surface area contributed by atoms with Gasteiger partial charge in [-0.25, -0.2) is 0 Å². The molecule has 1 heterocycles. The minimum Gasteiger partial charge on any atom is -0.490 e. The fourth-order valence-electron chi connectivity index (χ4n) is 2.95. The fraction of sp³-hybridized carbons (Fsp3) is 0.562. The molecule has 1 aliphatic rings. The van der Waals surface area contributed by atoms with E-state index in [4.69, 9.17) is 4.74 Å². The Morgan fingerprint density at radius 2 is 2.35 bits per heavy atom. The maximum atomic E-state index is 12.2. The van der Waals surface area contributed by atoms with E-state index in [1.165, 1.54) is 19.2 Å². The fourth-order valence-corrected chi connectivity index (χ4v) is 2.95. The average molecular weight is 321 g/mol. The van der Waals surface area contributed by atoms with Crippen LogP contribution in [-0.4, -0.2) is 31.0 Å². The van der Waals surface area contributed by atoms with Gasteiger partial charge in [-0.15, -0.1) is 0 Å². The summed E-state index contributed by atoms with van der Waals surface area (Å²) in [6, 6.07) is 4.42. The summed E-state index contributed by atoms with van der Waals surface area (Å²) in [6.45, 7) is 4.07. The number of ether oxygens (including phenoxy) is 1. The number of hydrogen-bond acceptors (Lipinski definition) is 5. The number of rotatable bonds is 6. The van der Waals surface area contributed by atoms with Crippen molar-refractivity contribution in [2.24, 2.45) is 11.8 Å². The van der Waals surface area contributed by atoms with Crippen molar-refractivity contribution in [1.82, 2.24) is 5.32 Å². The Balaban J connectivity index is 1.96. The number of carbonyl (C=O) groups is 1. The number of hydrogen-bond donors (Lipinski definition) is 2. The number of nitrogens with one attached hydrogen (secondary N) is 2. The second-order valence-corrected chi connectivity index (χ2v) is 5.98. The van der Waals surface area contributed by atoms with Crippen LogP contribution >= 0.6 is 0 Å². The highest BCUT2D eigenvalue weighted by atomic mass is 16.6. The summed E-state index contributed by atoms with van der Waals surface area (Å²) in [7, 11) is 1.38. The summed E-state index contributed by atoms with van der Waals surface area (Å²) in [6.07, 6.45) is 2.68. The smallest absolute Gasteiger partial charge is 0.312 e. The number of amides is 1. The first kappa shape index (κ1) is 17.2. The first-order valence-corrected chi connectivity index (χ1v) is 7.84. The highest BCUT2D eigenvalue weighted by molar-refractivity contribution is 5.91. The molecule has 1 amide bonds. The largest absolute Gasteiger partial charge is 0.490 e.